The van der Waals surface area contributed by atoms with Crippen LogP contribution in [0.3, 0.4) is 0 Å². The van der Waals surface area contributed by atoms with Crippen molar-refractivity contribution in [1.82, 2.24) is 25.2 Å². The van der Waals surface area contributed by atoms with Gasteiger partial charge in [-0.25, -0.2) is 9.78 Å². The van der Waals surface area contributed by atoms with Crippen molar-refractivity contribution < 1.29 is 19.0 Å². The summed E-state index contributed by atoms with van der Waals surface area (Å²) in [5, 5.41) is 12.9. The van der Waals surface area contributed by atoms with E-state index in [4.69, 9.17) is 14.2 Å². The first-order valence-electron chi connectivity index (χ1n) is 11.7. The first kappa shape index (κ1) is 24.1. The summed E-state index contributed by atoms with van der Waals surface area (Å²) in [5.41, 5.74) is 3.28. The van der Waals surface area contributed by atoms with E-state index in [1.54, 1.807) is 39.1 Å². The maximum Gasteiger partial charge on any atom is 0.373 e. The number of benzene rings is 3. The monoisotopic (exact) mass is 495 g/mol. The third-order valence-electron chi connectivity index (χ3n) is 5.27. The largest absolute Gasteiger partial charge is 0.436 e. The Hall–Kier alpha value is -4.63. The summed E-state index contributed by atoms with van der Waals surface area (Å²) in [7, 11) is 0. The van der Waals surface area contributed by atoms with E-state index < -0.39 is 11.6 Å². The van der Waals surface area contributed by atoms with Gasteiger partial charge in [-0.3, -0.25) is 4.89 Å². The van der Waals surface area contributed by atoms with Crippen molar-refractivity contribution >= 4 is 5.97 Å². The van der Waals surface area contributed by atoms with Crippen LogP contribution in [0.15, 0.2) is 89.5 Å². The van der Waals surface area contributed by atoms with Gasteiger partial charge in [0, 0.05) is 16.7 Å². The fourth-order valence-corrected chi connectivity index (χ4v) is 3.48. The summed E-state index contributed by atoms with van der Waals surface area (Å²) in [4.78, 5) is 28.0. The fraction of sp³-hybridized carbons (Fsp3) is 0.179. The van der Waals surface area contributed by atoms with Gasteiger partial charge < -0.3 is 4.42 Å². The van der Waals surface area contributed by atoms with Crippen LogP contribution in [0.1, 0.15) is 36.7 Å². The number of tetrazole rings is 1. The molecular weight excluding hydrogens is 470 g/mol. The molecule has 0 unspecified atom stereocenters. The Balaban J connectivity index is 1.26. The predicted molar refractivity (Wildman–Crippen MR) is 136 cm³/mol. The molecule has 37 heavy (non-hydrogen) atoms. The Morgan fingerprint density at radius 2 is 1.65 bits per heavy atom. The molecule has 9 heteroatoms. The lowest BCUT2D eigenvalue weighted by Gasteiger charge is -2.16. The molecule has 3 aromatic carbocycles. The maximum absolute atomic E-state index is 12.1. The summed E-state index contributed by atoms with van der Waals surface area (Å²) in [6, 6.07) is 24.4. The van der Waals surface area contributed by atoms with E-state index >= 15 is 0 Å². The minimum Gasteiger partial charge on any atom is -0.436 e. The van der Waals surface area contributed by atoms with Gasteiger partial charge in [0.15, 0.2) is 5.76 Å². The molecule has 0 aliphatic heterocycles. The lowest BCUT2D eigenvalue weighted by Crippen LogP contribution is -2.21. The van der Waals surface area contributed by atoms with E-state index in [1.807, 2.05) is 66.7 Å². The maximum atomic E-state index is 12.1. The molecular formula is C28H25N5O4. The van der Waals surface area contributed by atoms with Gasteiger partial charge in [0.1, 0.15) is 5.60 Å². The molecule has 0 atom stereocenters. The Bertz CT molecular complexity index is 1500. The van der Waals surface area contributed by atoms with Gasteiger partial charge in [-0.2, -0.15) is 9.68 Å². The number of aromatic nitrogens is 5. The van der Waals surface area contributed by atoms with Gasteiger partial charge in [0.2, 0.25) is 11.7 Å². The second-order valence-electron chi connectivity index (χ2n) is 9.38. The van der Waals surface area contributed by atoms with Crippen molar-refractivity contribution in [3.8, 4) is 34.2 Å². The minimum atomic E-state index is -0.578. The highest BCUT2D eigenvalue weighted by atomic mass is 17.2. The van der Waals surface area contributed by atoms with E-state index in [-0.39, 0.29) is 0 Å². The van der Waals surface area contributed by atoms with Crippen molar-refractivity contribution in [3.05, 3.63) is 96.2 Å². The van der Waals surface area contributed by atoms with E-state index in [0.717, 1.165) is 22.3 Å². The van der Waals surface area contributed by atoms with E-state index in [1.165, 1.54) is 4.80 Å². The van der Waals surface area contributed by atoms with Crippen molar-refractivity contribution in [3.63, 3.8) is 0 Å². The van der Waals surface area contributed by atoms with Crippen LogP contribution in [0.4, 0.5) is 0 Å². The van der Waals surface area contributed by atoms with Gasteiger partial charge >= 0.3 is 5.97 Å². The molecule has 0 aliphatic carbocycles. The number of hydrogen-bond donors (Lipinski definition) is 0. The molecule has 2 heterocycles. The molecule has 5 rings (SSSR count). The lowest BCUT2D eigenvalue weighted by molar-refractivity contribution is -0.301. The van der Waals surface area contributed by atoms with Crippen LogP contribution in [0.2, 0.25) is 0 Å². The molecule has 0 bridgehead atoms. The number of rotatable bonds is 7. The SMILES string of the molecule is CC(C)(C)OOC(=O)c1ccc(Cn2nnc(-c3cccc(-c4ncc(-c5ccccc5)o4)c3)n2)cc1. The van der Waals surface area contributed by atoms with Crippen molar-refractivity contribution in [2.75, 3.05) is 0 Å². The molecule has 0 fully saturated rings. The highest BCUT2D eigenvalue weighted by molar-refractivity contribution is 5.88. The smallest absolute Gasteiger partial charge is 0.373 e. The van der Waals surface area contributed by atoms with Gasteiger partial charge in [-0.15, -0.1) is 10.2 Å². The second-order valence-corrected chi connectivity index (χ2v) is 9.38. The third-order valence-corrected chi connectivity index (χ3v) is 5.27. The van der Waals surface area contributed by atoms with Crippen LogP contribution in [0, 0.1) is 0 Å². The van der Waals surface area contributed by atoms with Crippen LogP contribution >= 0.6 is 0 Å². The molecule has 2 aromatic heterocycles. The molecule has 186 valence electrons. The van der Waals surface area contributed by atoms with E-state index in [2.05, 4.69) is 20.4 Å². The zero-order valence-electron chi connectivity index (χ0n) is 20.7. The highest BCUT2D eigenvalue weighted by Crippen LogP contribution is 2.28. The molecule has 0 N–H and O–H groups in total. The molecule has 5 aromatic rings. The Kier molecular flexibility index (Phi) is 6.61. The van der Waals surface area contributed by atoms with Gasteiger partial charge in [0.05, 0.1) is 18.3 Å². The first-order valence-corrected chi connectivity index (χ1v) is 11.7. The fourth-order valence-electron chi connectivity index (χ4n) is 3.48. The number of hydrogen-bond acceptors (Lipinski definition) is 8. The van der Waals surface area contributed by atoms with Crippen molar-refractivity contribution in [2.24, 2.45) is 0 Å². The Labute approximate surface area is 213 Å². The lowest BCUT2D eigenvalue weighted by atomic mass is 10.1. The molecule has 0 amide bonds. The number of nitrogens with zero attached hydrogens (tertiary/aromatic N) is 5. The summed E-state index contributed by atoms with van der Waals surface area (Å²) in [6.07, 6.45) is 1.72. The van der Waals surface area contributed by atoms with Gasteiger partial charge in [-0.1, -0.05) is 54.6 Å². The Morgan fingerprint density at radius 3 is 2.41 bits per heavy atom. The summed E-state index contributed by atoms with van der Waals surface area (Å²) in [6.45, 7) is 5.79. The summed E-state index contributed by atoms with van der Waals surface area (Å²) in [5.74, 6) is 1.14. The number of carbonyl (C=O) groups excluding carboxylic acids is 1. The van der Waals surface area contributed by atoms with Crippen LogP contribution in [-0.4, -0.2) is 36.8 Å². The summed E-state index contributed by atoms with van der Waals surface area (Å²) >= 11 is 0. The van der Waals surface area contributed by atoms with Crippen LogP contribution in [0.25, 0.3) is 34.2 Å². The zero-order valence-corrected chi connectivity index (χ0v) is 20.7. The van der Waals surface area contributed by atoms with E-state index in [0.29, 0.717) is 29.6 Å². The van der Waals surface area contributed by atoms with Gasteiger partial charge in [-0.05, 0) is 55.8 Å². The average Bonchev–Trinajstić information content (AvgIpc) is 3.58. The normalized spacial score (nSPS) is 11.4. The molecule has 0 saturated carbocycles. The first-order chi connectivity index (χ1) is 17.8. The van der Waals surface area contributed by atoms with Crippen LogP contribution in [0.5, 0.6) is 0 Å². The van der Waals surface area contributed by atoms with Crippen molar-refractivity contribution in [1.29, 1.82) is 0 Å². The highest BCUT2D eigenvalue weighted by Gasteiger charge is 2.17. The minimum absolute atomic E-state index is 0.388. The quantitative estimate of drug-likeness (QED) is 0.212. The molecule has 0 saturated heterocycles. The molecule has 0 radical (unpaired) electrons. The molecule has 9 nitrogen and oxygen atoms in total. The second kappa shape index (κ2) is 10.2. The van der Waals surface area contributed by atoms with E-state index in [9.17, 15) is 4.79 Å². The standard InChI is InChI=1S/C28H25N5O4/c1-28(2,3)37-36-27(34)21-14-12-19(13-15-21)18-33-31-25(30-32-33)22-10-7-11-23(16-22)26-29-17-24(35-26)20-8-5-4-6-9-20/h4-17H,18H2,1-3H3. The van der Waals surface area contributed by atoms with Crippen molar-refractivity contribution in [2.45, 2.75) is 32.9 Å². The third kappa shape index (κ3) is 5.96. The average molecular weight is 496 g/mol. The molecule has 0 spiro atoms. The zero-order chi connectivity index (χ0) is 25.8. The number of carbonyl (C=O) groups is 1. The summed E-state index contributed by atoms with van der Waals surface area (Å²) < 4.78 is 5.98. The van der Waals surface area contributed by atoms with Gasteiger partial charge in [0.25, 0.3) is 0 Å². The topological polar surface area (TPSA) is 105 Å². The molecule has 0 aliphatic rings. The number of oxazole rings is 1. The predicted octanol–water partition coefficient (Wildman–Crippen LogP) is 5.60. The Morgan fingerprint density at radius 1 is 0.919 bits per heavy atom. The van der Waals surface area contributed by atoms with Crippen LogP contribution in [-0.2, 0) is 16.3 Å². The van der Waals surface area contributed by atoms with Crippen LogP contribution < -0.4 is 0 Å².